The fourth-order valence-corrected chi connectivity index (χ4v) is 2.49. The standard InChI is InChI=1S/C12H18BN5O/c1-12(2,3)18-10-8(4-14-18)11(19)16-9(15-10)7-5-17(13)6-7/h4,7H,5-6,13H2,1-3H3,(H,15,16,19). The maximum Gasteiger partial charge on any atom is 0.262 e. The summed E-state index contributed by atoms with van der Waals surface area (Å²) >= 11 is 0. The molecule has 1 fully saturated rings. The number of fused-ring (bicyclic) bond motifs is 1. The van der Waals surface area contributed by atoms with Crippen LogP contribution in [0.3, 0.4) is 0 Å². The molecule has 0 bridgehead atoms. The zero-order chi connectivity index (χ0) is 13.8. The van der Waals surface area contributed by atoms with E-state index in [-0.39, 0.29) is 11.1 Å². The third kappa shape index (κ3) is 1.98. The highest BCUT2D eigenvalue weighted by Crippen LogP contribution is 2.24. The van der Waals surface area contributed by atoms with Gasteiger partial charge in [-0.2, -0.15) is 5.10 Å². The molecule has 0 unspecified atom stereocenters. The van der Waals surface area contributed by atoms with Gasteiger partial charge >= 0.3 is 0 Å². The van der Waals surface area contributed by atoms with Crippen LogP contribution in [0.1, 0.15) is 32.5 Å². The van der Waals surface area contributed by atoms with Crippen LogP contribution in [0.15, 0.2) is 11.0 Å². The average Bonchev–Trinajstić information content (AvgIpc) is 2.68. The molecule has 0 spiro atoms. The number of H-pyrrole nitrogens is 1. The van der Waals surface area contributed by atoms with Gasteiger partial charge in [0.1, 0.15) is 11.2 Å². The second-order valence-corrected chi connectivity index (χ2v) is 6.33. The summed E-state index contributed by atoms with van der Waals surface area (Å²) in [5, 5.41) is 4.87. The molecule has 2 aromatic rings. The highest BCUT2D eigenvalue weighted by molar-refractivity contribution is 6.05. The minimum Gasteiger partial charge on any atom is -0.347 e. The van der Waals surface area contributed by atoms with Crippen molar-refractivity contribution in [3.8, 4) is 0 Å². The van der Waals surface area contributed by atoms with Gasteiger partial charge in [0.05, 0.1) is 11.7 Å². The Bertz CT molecular complexity index is 677. The molecule has 1 saturated heterocycles. The van der Waals surface area contributed by atoms with Crippen LogP contribution in [0.2, 0.25) is 0 Å². The van der Waals surface area contributed by atoms with Crippen molar-refractivity contribution >= 4 is 19.0 Å². The van der Waals surface area contributed by atoms with Crippen LogP contribution in [-0.2, 0) is 5.54 Å². The lowest BCUT2D eigenvalue weighted by Gasteiger charge is -2.35. The molecule has 0 aliphatic carbocycles. The van der Waals surface area contributed by atoms with Crippen molar-refractivity contribution in [1.82, 2.24) is 24.6 Å². The molecular weight excluding hydrogens is 241 g/mol. The third-order valence-electron chi connectivity index (χ3n) is 3.54. The Labute approximate surface area is 112 Å². The third-order valence-corrected chi connectivity index (χ3v) is 3.54. The van der Waals surface area contributed by atoms with E-state index in [0.717, 1.165) is 18.9 Å². The highest BCUT2D eigenvalue weighted by Gasteiger charge is 2.28. The van der Waals surface area contributed by atoms with Gasteiger partial charge in [-0.15, -0.1) is 0 Å². The molecule has 1 aliphatic heterocycles. The van der Waals surface area contributed by atoms with Gasteiger partial charge < -0.3 is 9.79 Å². The summed E-state index contributed by atoms with van der Waals surface area (Å²) in [5.41, 5.74) is 0.404. The van der Waals surface area contributed by atoms with E-state index in [1.165, 1.54) is 0 Å². The Morgan fingerprint density at radius 2 is 2.11 bits per heavy atom. The number of hydrogen-bond acceptors (Lipinski definition) is 4. The number of aromatic nitrogens is 4. The van der Waals surface area contributed by atoms with Crippen molar-refractivity contribution in [2.45, 2.75) is 32.2 Å². The predicted molar refractivity (Wildman–Crippen MR) is 76.0 cm³/mol. The quantitative estimate of drug-likeness (QED) is 0.721. The fourth-order valence-electron chi connectivity index (χ4n) is 2.49. The van der Waals surface area contributed by atoms with Crippen molar-refractivity contribution in [3.05, 3.63) is 22.4 Å². The summed E-state index contributed by atoms with van der Waals surface area (Å²) in [7, 11) is 2.06. The lowest BCUT2D eigenvalue weighted by atomic mass is 9.95. The first-order chi connectivity index (χ1) is 8.86. The van der Waals surface area contributed by atoms with E-state index in [0.29, 0.717) is 17.0 Å². The van der Waals surface area contributed by atoms with E-state index < -0.39 is 0 Å². The van der Waals surface area contributed by atoms with E-state index in [1.54, 1.807) is 6.20 Å². The van der Waals surface area contributed by atoms with Crippen LogP contribution in [0.25, 0.3) is 11.0 Å². The molecule has 3 rings (SSSR count). The van der Waals surface area contributed by atoms with Crippen molar-refractivity contribution in [3.63, 3.8) is 0 Å². The van der Waals surface area contributed by atoms with E-state index in [1.807, 2.05) is 4.68 Å². The largest absolute Gasteiger partial charge is 0.347 e. The van der Waals surface area contributed by atoms with E-state index in [2.05, 4.69) is 48.6 Å². The first-order valence-electron chi connectivity index (χ1n) is 6.53. The number of aromatic amines is 1. The molecule has 7 heteroatoms. The topological polar surface area (TPSA) is 66.8 Å². The van der Waals surface area contributed by atoms with Gasteiger partial charge in [-0.3, -0.25) is 4.79 Å². The van der Waals surface area contributed by atoms with Gasteiger partial charge in [-0.1, -0.05) is 0 Å². The molecule has 1 aliphatic rings. The molecule has 1 N–H and O–H groups in total. The van der Waals surface area contributed by atoms with Crippen LogP contribution < -0.4 is 5.56 Å². The number of nitrogens with one attached hydrogen (secondary N) is 1. The lowest BCUT2D eigenvalue weighted by Crippen LogP contribution is -2.44. The molecule has 3 heterocycles. The Kier molecular flexibility index (Phi) is 2.57. The second-order valence-electron chi connectivity index (χ2n) is 6.33. The lowest BCUT2D eigenvalue weighted by molar-refractivity contribution is 0.267. The number of nitrogens with zero attached hydrogens (tertiary/aromatic N) is 4. The summed E-state index contributed by atoms with van der Waals surface area (Å²) in [6.07, 6.45) is 1.60. The maximum absolute atomic E-state index is 12.1. The Morgan fingerprint density at radius 1 is 1.42 bits per heavy atom. The second kappa shape index (κ2) is 3.93. The molecule has 0 amide bonds. The highest BCUT2D eigenvalue weighted by atomic mass is 16.1. The first kappa shape index (κ1) is 12.4. The molecule has 6 nitrogen and oxygen atoms in total. The molecular formula is C12H18BN5O. The summed E-state index contributed by atoms with van der Waals surface area (Å²) in [6.45, 7) is 8.05. The summed E-state index contributed by atoms with van der Waals surface area (Å²) in [5.74, 6) is 1.10. The predicted octanol–water partition coefficient (Wildman–Crippen LogP) is -0.178. The monoisotopic (exact) mass is 259 g/mol. The van der Waals surface area contributed by atoms with E-state index >= 15 is 0 Å². The summed E-state index contributed by atoms with van der Waals surface area (Å²) < 4.78 is 1.82. The number of rotatable bonds is 1. The minimum atomic E-state index is -0.184. The Morgan fingerprint density at radius 3 is 2.68 bits per heavy atom. The molecule has 2 aromatic heterocycles. The van der Waals surface area contributed by atoms with Crippen molar-refractivity contribution in [1.29, 1.82) is 0 Å². The number of hydrogen-bond donors (Lipinski definition) is 1. The summed E-state index contributed by atoms with van der Waals surface area (Å²) in [4.78, 5) is 21.8. The van der Waals surface area contributed by atoms with Crippen LogP contribution in [0, 0.1) is 0 Å². The van der Waals surface area contributed by atoms with E-state index in [4.69, 9.17) is 0 Å². The maximum atomic E-state index is 12.1. The molecule has 0 radical (unpaired) electrons. The van der Waals surface area contributed by atoms with Crippen molar-refractivity contribution in [2.24, 2.45) is 0 Å². The van der Waals surface area contributed by atoms with Crippen molar-refractivity contribution < 1.29 is 0 Å². The average molecular weight is 259 g/mol. The minimum absolute atomic E-state index is 0.0925. The fraction of sp³-hybridized carbons (Fsp3) is 0.583. The zero-order valence-electron chi connectivity index (χ0n) is 11.8. The van der Waals surface area contributed by atoms with Gasteiger partial charge in [0.2, 0.25) is 0 Å². The molecule has 0 atom stereocenters. The van der Waals surface area contributed by atoms with Gasteiger partial charge in [0.15, 0.2) is 13.6 Å². The van der Waals surface area contributed by atoms with Crippen LogP contribution in [0.5, 0.6) is 0 Å². The zero-order valence-corrected chi connectivity index (χ0v) is 11.8. The molecule has 0 aromatic carbocycles. The van der Waals surface area contributed by atoms with Gasteiger partial charge in [0.25, 0.3) is 5.56 Å². The Hall–Kier alpha value is -1.63. The molecule has 0 saturated carbocycles. The van der Waals surface area contributed by atoms with Crippen molar-refractivity contribution in [2.75, 3.05) is 13.1 Å². The van der Waals surface area contributed by atoms with Crippen LogP contribution in [0.4, 0.5) is 0 Å². The molecule has 100 valence electrons. The van der Waals surface area contributed by atoms with Crippen LogP contribution in [-0.4, -0.2) is 45.6 Å². The molecule has 19 heavy (non-hydrogen) atoms. The van der Waals surface area contributed by atoms with Gasteiger partial charge in [-0.25, -0.2) is 9.67 Å². The van der Waals surface area contributed by atoms with Gasteiger partial charge in [-0.05, 0) is 33.9 Å². The Balaban J connectivity index is 2.15. The first-order valence-corrected chi connectivity index (χ1v) is 6.53. The summed E-state index contributed by atoms with van der Waals surface area (Å²) in [6, 6.07) is 0. The smallest absolute Gasteiger partial charge is 0.262 e. The SMILES string of the molecule is BN1CC(c2nc3c(cnn3C(C)(C)C)c(=O)[nH]2)C1. The van der Waals surface area contributed by atoms with Gasteiger partial charge in [0, 0.05) is 5.92 Å². The normalized spacial score (nSPS) is 17.8. The van der Waals surface area contributed by atoms with Crippen LogP contribution >= 0.6 is 0 Å². The van der Waals surface area contributed by atoms with E-state index in [9.17, 15) is 4.79 Å².